The molecule has 1 aromatic carbocycles. The Balaban J connectivity index is 3.02. The summed E-state index contributed by atoms with van der Waals surface area (Å²) in [5, 5.41) is 0.782. The van der Waals surface area contributed by atoms with Crippen molar-refractivity contribution < 1.29 is 13.6 Å². The average molecular weight is 344 g/mol. The molecule has 1 atom stereocenters. The van der Waals surface area contributed by atoms with E-state index in [4.69, 9.17) is 43.9 Å². The molecule has 0 saturated heterocycles. The summed E-state index contributed by atoms with van der Waals surface area (Å²) in [4.78, 5) is 0. The van der Waals surface area contributed by atoms with E-state index in [1.165, 1.54) is 5.54 Å². The van der Waals surface area contributed by atoms with Crippen molar-refractivity contribution in [1.82, 2.24) is 0 Å². The van der Waals surface area contributed by atoms with Crippen LogP contribution >= 0.6 is 42.4 Å². The predicted octanol–water partition coefficient (Wildman–Crippen LogP) is 5.80. The molecule has 1 aromatic rings. The quantitative estimate of drug-likeness (QED) is 0.484. The zero-order valence-corrected chi connectivity index (χ0v) is 13.7. The first-order chi connectivity index (χ1) is 8.95. The minimum Gasteiger partial charge on any atom is -0.423 e. The fraction of sp³-hybridized carbons (Fsp3) is 0.333. The van der Waals surface area contributed by atoms with E-state index in [-0.39, 0.29) is 11.9 Å². The summed E-state index contributed by atoms with van der Waals surface area (Å²) < 4.78 is 22.9. The largest absolute Gasteiger partial charge is 0.423 e. The third kappa shape index (κ3) is 4.70. The highest BCUT2D eigenvalue weighted by Crippen LogP contribution is 2.51. The van der Waals surface area contributed by atoms with Gasteiger partial charge in [-0.25, -0.2) is 4.57 Å². The molecule has 0 aliphatic carbocycles. The maximum absolute atomic E-state index is 12.3. The highest BCUT2D eigenvalue weighted by Gasteiger charge is 2.24. The lowest BCUT2D eigenvalue weighted by molar-refractivity contribution is 0.271. The maximum Gasteiger partial charge on any atom is 0.378 e. The first-order valence-electron chi connectivity index (χ1n) is 5.64. The van der Waals surface area contributed by atoms with Crippen molar-refractivity contribution in [2.75, 3.05) is 12.8 Å². The van der Waals surface area contributed by atoms with E-state index in [9.17, 15) is 4.57 Å². The number of halogens is 3. The van der Waals surface area contributed by atoms with Crippen LogP contribution in [0.1, 0.15) is 19.4 Å². The van der Waals surface area contributed by atoms with E-state index in [0.29, 0.717) is 22.2 Å². The molecule has 1 rings (SSSR count). The van der Waals surface area contributed by atoms with Crippen LogP contribution in [0, 0.1) is 0 Å². The van der Waals surface area contributed by atoms with Crippen molar-refractivity contribution in [1.29, 1.82) is 0 Å². The van der Waals surface area contributed by atoms with Crippen molar-refractivity contribution in [3.8, 4) is 0 Å². The van der Waals surface area contributed by atoms with Gasteiger partial charge in [0.1, 0.15) is 5.76 Å². The number of benzene rings is 1. The molecule has 0 fully saturated rings. The average Bonchev–Trinajstić information content (AvgIpc) is 2.40. The summed E-state index contributed by atoms with van der Waals surface area (Å²) in [5.41, 5.74) is 1.78. The van der Waals surface area contributed by atoms with Gasteiger partial charge in [-0.1, -0.05) is 41.7 Å². The van der Waals surface area contributed by atoms with Crippen LogP contribution in [0.5, 0.6) is 0 Å². The standard InChI is InChI=1S/C12H14Cl3O3P/c1-3-17-19(16,4-2)18-12(8-13)9-5-6-10(14)11(15)7-9/h5-8H,3-4H2,1-2H3/b12-8+. The molecule has 0 radical (unpaired) electrons. The van der Waals surface area contributed by atoms with Crippen LogP contribution in [-0.2, 0) is 13.6 Å². The van der Waals surface area contributed by atoms with Crippen LogP contribution in [0.2, 0.25) is 10.0 Å². The van der Waals surface area contributed by atoms with Gasteiger partial charge in [-0.15, -0.1) is 0 Å². The van der Waals surface area contributed by atoms with Gasteiger partial charge < -0.3 is 9.05 Å². The maximum atomic E-state index is 12.3. The highest BCUT2D eigenvalue weighted by molar-refractivity contribution is 7.54. The van der Waals surface area contributed by atoms with Crippen molar-refractivity contribution >= 4 is 48.2 Å². The lowest BCUT2D eigenvalue weighted by atomic mass is 10.2. The zero-order valence-electron chi connectivity index (χ0n) is 10.5. The molecule has 0 aliphatic rings. The third-order valence-corrected chi connectivity index (χ3v) is 5.09. The van der Waals surface area contributed by atoms with Crippen molar-refractivity contribution in [2.45, 2.75) is 13.8 Å². The summed E-state index contributed by atoms with van der Waals surface area (Å²) in [7, 11) is -3.19. The molecule has 0 aromatic heterocycles. The summed E-state index contributed by atoms with van der Waals surface area (Å²) >= 11 is 17.5. The molecule has 0 spiro atoms. The highest BCUT2D eigenvalue weighted by atomic mass is 35.5. The van der Waals surface area contributed by atoms with E-state index in [0.717, 1.165) is 0 Å². The van der Waals surface area contributed by atoms with Crippen LogP contribution in [0.3, 0.4) is 0 Å². The predicted molar refractivity (Wildman–Crippen MR) is 81.2 cm³/mol. The second-order valence-corrected chi connectivity index (χ2v) is 6.87. The van der Waals surface area contributed by atoms with Crippen molar-refractivity contribution in [3.63, 3.8) is 0 Å². The molecule has 0 bridgehead atoms. The fourth-order valence-electron chi connectivity index (χ4n) is 1.31. The van der Waals surface area contributed by atoms with Crippen LogP contribution in [0.25, 0.3) is 5.76 Å². The van der Waals surface area contributed by atoms with Gasteiger partial charge in [-0.05, 0) is 25.1 Å². The van der Waals surface area contributed by atoms with Gasteiger partial charge in [-0.2, -0.15) is 0 Å². The first-order valence-corrected chi connectivity index (χ1v) is 8.56. The van der Waals surface area contributed by atoms with Crippen molar-refractivity contribution in [2.24, 2.45) is 0 Å². The molecule has 0 N–H and O–H groups in total. The zero-order chi connectivity index (χ0) is 14.5. The molecular formula is C12H14Cl3O3P. The van der Waals surface area contributed by atoms with Crippen LogP contribution in [-0.4, -0.2) is 12.8 Å². The second-order valence-electron chi connectivity index (χ2n) is 3.54. The van der Waals surface area contributed by atoms with E-state index >= 15 is 0 Å². The normalized spacial score (nSPS) is 15.1. The Kier molecular flexibility index (Phi) is 6.72. The molecule has 0 heterocycles. The number of hydrogen-bond acceptors (Lipinski definition) is 3. The van der Waals surface area contributed by atoms with Gasteiger partial charge in [0.25, 0.3) is 0 Å². The van der Waals surface area contributed by atoms with E-state index < -0.39 is 7.60 Å². The number of rotatable bonds is 6. The Bertz CT molecular complexity index is 517. The fourth-order valence-corrected chi connectivity index (χ4v) is 3.06. The Labute approximate surface area is 128 Å². The second kappa shape index (κ2) is 7.56. The molecule has 0 amide bonds. The van der Waals surface area contributed by atoms with Gasteiger partial charge in [-0.3, -0.25) is 0 Å². The van der Waals surface area contributed by atoms with E-state index in [1.54, 1.807) is 32.0 Å². The minimum atomic E-state index is -3.19. The van der Waals surface area contributed by atoms with Crippen LogP contribution in [0.4, 0.5) is 0 Å². The Morgan fingerprint density at radius 2 is 2.00 bits per heavy atom. The summed E-state index contributed by atoms with van der Waals surface area (Å²) in [6, 6.07) is 4.87. The summed E-state index contributed by atoms with van der Waals surface area (Å²) in [6.07, 6.45) is 0.246. The van der Waals surface area contributed by atoms with Gasteiger partial charge >= 0.3 is 7.60 Å². The van der Waals surface area contributed by atoms with Gasteiger partial charge in [0.05, 0.1) is 22.8 Å². The molecular weight excluding hydrogens is 329 g/mol. The van der Waals surface area contributed by atoms with E-state index in [2.05, 4.69) is 0 Å². The lowest BCUT2D eigenvalue weighted by Crippen LogP contribution is -1.98. The monoisotopic (exact) mass is 342 g/mol. The molecule has 106 valence electrons. The minimum absolute atomic E-state index is 0.235. The molecule has 3 nitrogen and oxygen atoms in total. The van der Waals surface area contributed by atoms with E-state index in [1.807, 2.05) is 0 Å². The van der Waals surface area contributed by atoms with Gasteiger partial charge in [0.15, 0.2) is 0 Å². The Hall–Kier alpha value is -0.180. The summed E-state index contributed by atoms with van der Waals surface area (Å²) in [6.45, 7) is 3.76. The SMILES string of the molecule is CCOP(=O)(CC)O/C(=C/Cl)c1ccc(Cl)c(Cl)c1. The Morgan fingerprint density at radius 1 is 1.32 bits per heavy atom. The number of hydrogen-bond donors (Lipinski definition) is 0. The topological polar surface area (TPSA) is 35.5 Å². The third-order valence-electron chi connectivity index (χ3n) is 2.25. The molecule has 1 unspecified atom stereocenters. The first kappa shape index (κ1) is 16.9. The molecule has 7 heteroatoms. The van der Waals surface area contributed by atoms with Gasteiger partial charge in [0, 0.05) is 11.1 Å². The molecule has 0 aliphatic heterocycles. The Morgan fingerprint density at radius 3 is 2.47 bits per heavy atom. The van der Waals surface area contributed by atoms with Gasteiger partial charge in [0.2, 0.25) is 0 Å². The lowest BCUT2D eigenvalue weighted by Gasteiger charge is -2.19. The van der Waals surface area contributed by atoms with Crippen molar-refractivity contribution in [3.05, 3.63) is 39.3 Å². The molecule has 19 heavy (non-hydrogen) atoms. The van der Waals surface area contributed by atoms with Crippen LogP contribution < -0.4 is 0 Å². The smallest absolute Gasteiger partial charge is 0.378 e. The molecule has 0 saturated carbocycles. The van der Waals surface area contributed by atoms with Crippen LogP contribution in [0.15, 0.2) is 23.7 Å². The summed E-state index contributed by atoms with van der Waals surface area (Å²) in [5.74, 6) is 0.235.